The number of fused-ring (bicyclic) bond motifs is 1. The number of hydrogen-bond donors (Lipinski definition) is 1. The van der Waals surface area contributed by atoms with E-state index < -0.39 is 0 Å². The van der Waals surface area contributed by atoms with Gasteiger partial charge >= 0.3 is 5.97 Å². The molecule has 0 radical (unpaired) electrons. The van der Waals surface area contributed by atoms with Gasteiger partial charge in [0.1, 0.15) is 16.9 Å². The van der Waals surface area contributed by atoms with Crippen molar-refractivity contribution in [3.05, 3.63) is 89.2 Å². The summed E-state index contributed by atoms with van der Waals surface area (Å²) in [6, 6.07) is 20.0. The van der Waals surface area contributed by atoms with Crippen LogP contribution in [0.4, 0.5) is 5.82 Å². The number of aryl methyl sites for hydroxylation is 2. The highest BCUT2D eigenvalue weighted by molar-refractivity contribution is 7.18. The van der Waals surface area contributed by atoms with E-state index in [1.54, 1.807) is 36.0 Å². The highest BCUT2D eigenvalue weighted by atomic mass is 32.1. The average molecular weight is 484 g/mol. The first-order valence-electron chi connectivity index (χ1n) is 11.4. The van der Waals surface area contributed by atoms with Gasteiger partial charge in [0.2, 0.25) is 0 Å². The number of nitrogens with zero attached hydrogens (tertiary/aromatic N) is 2. The van der Waals surface area contributed by atoms with Crippen LogP contribution in [0.25, 0.3) is 32.7 Å². The maximum absolute atomic E-state index is 11.6. The summed E-state index contributed by atoms with van der Waals surface area (Å²) in [6.07, 6.45) is 5.24. The Bertz CT molecular complexity index is 1440. The molecule has 3 heterocycles. The van der Waals surface area contributed by atoms with Gasteiger partial charge in [0.05, 0.1) is 29.9 Å². The first kappa shape index (κ1) is 22.8. The molecule has 6 nitrogen and oxygen atoms in total. The number of carbonyl (C=O) groups excluding carboxylic acids is 1. The van der Waals surface area contributed by atoms with E-state index in [4.69, 9.17) is 19.1 Å². The van der Waals surface area contributed by atoms with Crippen LogP contribution in [0.2, 0.25) is 0 Å². The van der Waals surface area contributed by atoms with Gasteiger partial charge in [-0.05, 0) is 60.7 Å². The number of aromatic nitrogens is 2. The third-order valence-corrected chi connectivity index (χ3v) is 6.77. The van der Waals surface area contributed by atoms with Gasteiger partial charge in [-0.3, -0.25) is 0 Å². The van der Waals surface area contributed by atoms with E-state index in [2.05, 4.69) is 42.6 Å². The summed E-state index contributed by atoms with van der Waals surface area (Å²) in [5.41, 5.74) is 4.89. The summed E-state index contributed by atoms with van der Waals surface area (Å²) in [5.74, 6) is 1.21. The van der Waals surface area contributed by atoms with Gasteiger partial charge in [0, 0.05) is 11.4 Å². The lowest BCUT2D eigenvalue weighted by Crippen LogP contribution is -2.06. The Labute approximate surface area is 207 Å². The molecule has 176 valence electrons. The molecule has 0 amide bonds. The minimum Gasteiger partial charge on any atom is -0.472 e. The van der Waals surface area contributed by atoms with E-state index in [1.807, 2.05) is 18.2 Å². The standard InChI is InChI=1S/C28H25N3O3S/c1-18-16-24-26(30-25(31-27(24)35-18)23-13-15-34-17-23)29-14-3-4-19-5-7-20(8-6-19)21-9-11-22(12-10-21)28(32)33-2/h5-13,15-17H,3-4,14H2,1-2H3,(H,29,30,31). The predicted molar refractivity (Wildman–Crippen MR) is 140 cm³/mol. The molecule has 0 spiro atoms. The van der Waals surface area contributed by atoms with Crippen molar-refractivity contribution in [1.82, 2.24) is 9.97 Å². The van der Waals surface area contributed by atoms with Crippen LogP contribution >= 0.6 is 11.3 Å². The molecule has 0 saturated carbocycles. The molecular formula is C28H25N3O3S. The Hall–Kier alpha value is -3.97. The zero-order chi connectivity index (χ0) is 24.2. The van der Waals surface area contributed by atoms with Crippen LogP contribution in [0.5, 0.6) is 0 Å². The molecule has 0 fully saturated rings. The summed E-state index contributed by atoms with van der Waals surface area (Å²) >= 11 is 1.67. The first-order valence-corrected chi connectivity index (χ1v) is 12.2. The molecule has 1 N–H and O–H groups in total. The second-order valence-corrected chi connectivity index (χ2v) is 9.51. The lowest BCUT2D eigenvalue weighted by molar-refractivity contribution is 0.0600. The summed E-state index contributed by atoms with van der Waals surface area (Å²) in [6.45, 7) is 2.90. The molecule has 0 bridgehead atoms. The number of esters is 1. The number of rotatable bonds is 8. The quantitative estimate of drug-likeness (QED) is 0.194. The highest BCUT2D eigenvalue weighted by Gasteiger charge is 2.12. The molecule has 35 heavy (non-hydrogen) atoms. The van der Waals surface area contributed by atoms with E-state index in [0.29, 0.717) is 11.4 Å². The van der Waals surface area contributed by atoms with E-state index in [0.717, 1.165) is 52.1 Å². The number of nitrogens with one attached hydrogen (secondary N) is 1. The molecule has 5 aromatic rings. The van der Waals surface area contributed by atoms with E-state index in [1.165, 1.54) is 17.6 Å². The van der Waals surface area contributed by atoms with Crippen molar-refractivity contribution < 1.29 is 13.9 Å². The molecule has 7 heteroatoms. The summed E-state index contributed by atoms with van der Waals surface area (Å²) in [5, 5.41) is 4.57. The van der Waals surface area contributed by atoms with Crippen LogP contribution in [0.3, 0.4) is 0 Å². The molecule has 3 aromatic heterocycles. The molecule has 0 saturated heterocycles. The predicted octanol–water partition coefficient (Wildman–Crippen LogP) is 6.76. The SMILES string of the molecule is COC(=O)c1ccc(-c2ccc(CCCNc3nc(-c4ccoc4)nc4sc(C)cc34)cc2)cc1. The first-order chi connectivity index (χ1) is 17.1. The van der Waals surface area contributed by atoms with Crippen molar-refractivity contribution in [3.8, 4) is 22.5 Å². The molecule has 5 rings (SSSR count). The third kappa shape index (κ3) is 5.10. The molecule has 0 aliphatic carbocycles. The van der Waals surface area contributed by atoms with Crippen LogP contribution in [0.1, 0.15) is 27.2 Å². The fraction of sp³-hybridized carbons (Fsp3) is 0.179. The number of hydrogen-bond acceptors (Lipinski definition) is 7. The lowest BCUT2D eigenvalue weighted by Gasteiger charge is -2.09. The van der Waals surface area contributed by atoms with Crippen LogP contribution in [-0.4, -0.2) is 29.6 Å². The average Bonchev–Trinajstić information content (AvgIpc) is 3.56. The van der Waals surface area contributed by atoms with Gasteiger partial charge in [-0.15, -0.1) is 11.3 Å². The maximum atomic E-state index is 11.6. The van der Waals surface area contributed by atoms with E-state index >= 15 is 0 Å². The fourth-order valence-corrected chi connectivity index (χ4v) is 4.86. The van der Waals surface area contributed by atoms with Gasteiger partial charge in [0.15, 0.2) is 5.82 Å². The number of carbonyl (C=O) groups is 1. The third-order valence-electron chi connectivity index (χ3n) is 5.82. The number of thiophene rings is 1. The van der Waals surface area contributed by atoms with Crippen molar-refractivity contribution in [2.45, 2.75) is 19.8 Å². The fourth-order valence-electron chi connectivity index (χ4n) is 3.98. The van der Waals surface area contributed by atoms with Crippen molar-refractivity contribution >= 4 is 33.3 Å². The van der Waals surface area contributed by atoms with Crippen molar-refractivity contribution in [2.24, 2.45) is 0 Å². The van der Waals surface area contributed by atoms with Crippen LogP contribution in [0.15, 0.2) is 77.6 Å². The number of furan rings is 1. The summed E-state index contributed by atoms with van der Waals surface area (Å²) in [4.78, 5) is 23.3. The van der Waals surface area contributed by atoms with E-state index in [9.17, 15) is 4.79 Å². The minimum atomic E-state index is -0.324. The minimum absolute atomic E-state index is 0.324. The molecule has 0 unspecified atom stereocenters. The lowest BCUT2D eigenvalue weighted by atomic mass is 10.0. The summed E-state index contributed by atoms with van der Waals surface area (Å²) in [7, 11) is 1.39. The normalized spacial score (nSPS) is 11.0. The maximum Gasteiger partial charge on any atom is 0.337 e. The van der Waals surface area contributed by atoms with Gasteiger partial charge < -0.3 is 14.5 Å². The Morgan fingerprint density at radius 1 is 1.00 bits per heavy atom. The van der Waals surface area contributed by atoms with Gasteiger partial charge in [-0.2, -0.15) is 0 Å². The van der Waals surface area contributed by atoms with Gasteiger partial charge in [0.25, 0.3) is 0 Å². The number of ether oxygens (including phenoxy) is 1. The van der Waals surface area contributed by atoms with E-state index in [-0.39, 0.29) is 5.97 Å². The van der Waals surface area contributed by atoms with Crippen molar-refractivity contribution in [3.63, 3.8) is 0 Å². The van der Waals surface area contributed by atoms with Crippen LogP contribution in [0, 0.1) is 6.92 Å². The largest absolute Gasteiger partial charge is 0.472 e. The Balaban J connectivity index is 1.21. The Morgan fingerprint density at radius 3 is 2.43 bits per heavy atom. The molecular weight excluding hydrogens is 458 g/mol. The Morgan fingerprint density at radius 2 is 1.74 bits per heavy atom. The highest BCUT2D eigenvalue weighted by Crippen LogP contribution is 2.31. The van der Waals surface area contributed by atoms with Crippen LogP contribution in [-0.2, 0) is 11.2 Å². The number of methoxy groups -OCH3 is 1. The molecule has 2 aromatic carbocycles. The smallest absolute Gasteiger partial charge is 0.337 e. The van der Waals surface area contributed by atoms with Crippen LogP contribution < -0.4 is 5.32 Å². The number of anilines is 1. The monoisotopic (exact) mass is 483 g/mol. The molecule has 0 atom stereocenters. The summed E-state index contributed by atoms with van der Waals surface area (Å²) < 4.78 is 9.98. The topological polar surface area (TPSA) is 77.2 Å². The zero-order valence-electron chi connectivity index (χ0n) is 19.6. The van der Waals surface area contributed by atoms with Crippen molar-refractivity contribution in [2.75, 3.05) is 19.0 Å². The van der Waals surface area contributed by atoms with Gasteiger partial charge in [-0.1, -0.05) is 36.4 Å². The Kier molecular flexibility index (Phi) is 6.59. The second kappa shape index (κ2) is 10.1. The molecule has 0 aliphatic rings. The van der Waals surface area contributed by atoms with Gasteiger partial charge in [-0.25, -0.2) is 14.8 Å². The molecule has 0 aliphatic heterocycles. The second-order valence-electron chi connectivity index (χ2n) is 8.28. The zero-order valence-corrected chi connectivity index (χ0v) is 20.4. The van der Waals surface area contributed by atoms with Crippen molar-refractivity contribution in [1.29, 1.82) is 0 Å². The number of benzene rings is 2.